The zero-order valence-electron chi connectivity index (χ0n) is 19.3. The van der Waals surface area contributed by atoms with Crippen molar-refractivity contribution >= 4 is 18.1 Å². The Labute approximate surface area is 192 Å². The molecular weight excluding hydrogens is 428 g/mol. The number of nitrogens with zero attached hydrogens (tertiary/aromatic N) is 1. The standard InChI is InChI=1S/C24H28N2O7/c1-23(2,3)33-24(26-16-27,21(28)30-5)14-18-11-12-19(20(13-18)32-22(29)25-4)31-15-17-9-7-6-8-10-17/h6-13H,14-15H2,1-5H3,(H,25,29)/t24-/m0/s1. The molecular formula is C24H28N2O7. The molecule has 9 nitrogen and oxygen atoms in total. The smallest absolute Gasteiger partial charge is 0.412 e. The van der Waals surface area contributed by atoms with Crippen LogP contribution in [-0.2, 0) is 32.1 Å². The molecule has 1 N–H and O–H groups in total. The summed E-state index contributed by atoms with van der Waals surface area (Å²) in [4.78, 5) is 39.3. The second-order valence-corrected chi connectivity index (χ2v) is 8.07. The molecule has 0 spiro atoms. The van der Waals surface area contributed by atoms with Gasteiger partial charge in [-0.1, -0.05) is 36.4 Å². The molecule has 1 amide bonds. The first-order valence-electron chi connectivity index (χ1n) is 10.2. The third kappa shape index (κ3) is 7.45. The highest BCUT2D eigenvalue weighted by molar-refractivity contribution is 5.81. The van der Waals surface area contributed by atoms with Crippen molar-refractivity contribution in [3.05, 3.63) is 59.7 Å². The van der Waals surface area contributed by atoms with Gasteiger partial charge in [0.05, 0.1) is 12.7 Å². The van der Waals surface area contributed by atoms with Gasteiger partial charge in [-0.15, -0.1) is 0 Å². The van der Waals surface area contributed by atoms with E-state index >= 15 is 0 Å². The summed E-state index contributed by atoms with van der Waals surface area (Å²) in [6, 6.07) is 14.2. The van der Waals surface area contributed by atoms with Crippen LogP contribution in [0.2, 0.25) is 0 Å². The fourth-order valence-electron chi connectivity index (χ4n) is 3.02. The average Bonchev–Trinajstić information content (AvgIpc) is 2.77. The van der Waals surface area contributed by atoms with Crippen LogP contribution in [0.1, 0.15) is 31.9 Å². The Kier molecular flexibility index (Phi) is 8.73. The molecule has 0 saturated carbocycles. The lowest BCUT2D eigenvalue weighted by atomic mass is 10.0. The second-order valence-electron chi connectivity index (χ2n) is 8.07. The van der Waals surface area contributed by atoms with E-state index in [-0.39, 0.29) is 18.8 Å². The monoisotopic (exact) mass is 456 g/mol. The number of ether oxygens (including phenoxy) is 4. The number of methoxy groups -OCH3 is 1. The summed E-state index contributed by atoms with van der Waals surface area (Å²) >= 11 is 0. The van der Waals surface area contributed by atoms with E-state index in [2.05, 4.69) is 10.3 Å². The molecule has 0 heterocycles. The molecule has 0 aromatic heterocycles. The number of hydrogen-bond donors (Lipinski definition) is 1. The van der Waals surface area contributed by atoms with Crippen LogP contribution in [0.4, 0.5) is 4.79 Å². The molecule has 1 atom stereocenters. The highest BCUT2D eigenvalue weighted by Crippen LogP contribution is 2.33. The summed E-state index contributed by atoms with van der Waals surface area (Å²) < 4.78 is 21.9. The molecule has 2 rings (SSSR count). The van der Waals surface area contributed by atoms with E-state index in [4.69, 9.17) is 18.9 Å². The third-order valence-electron chi connectivity index (χ3n) is 4.30. The average molecular weight is 456 g/mol. The van der Waals surface area contributed by atoms with Gasteiger partial charge in [0.15, 0.2) is 11.5 Å². The molecule has 0 aliphatic carbocycles. The Morgan fingerprint density at radius 3 is 2.30 bits per heavy atom. The van der Waals surface area contributed by atoms with Crippen LogP contribution in [0.15, 0.2) is 53.5 Å². The van der Waals surface area contributed by atoms with Gasteiger partial charge in [0.2, 0.25) is 6.08 Å². The van der Waals surface area contributed by atoms with E-state index < -0.39 is 23.4 Å². The summed E-state index contributed by atoms with van der Waals surface area (Å²) in [6.45, 7) is 5.39. The Bertz CT molecular complexity index is 1010. The number of rotatable bonds is 9. The van der Waals surface area contributed by atoms with Gasteiger partial charge in [-0.25, -0.2) is 14.4 Å². The SMILES string of the molecule is CNC(=O)Oc1cc(C[C@](N=C=O)(OC(C)(C)C)C(=O)OC)ccc1OCc1ccccc1. The van der Waals surface area contributed by atoms with Gasteiger partial charge in [0.1, 0.15) is 6.61 Å². The maximum atomic E-state index is 12.6. The molecule has 0 bridgehead atoms. The van der Waals surface area contributed by atoms with Crippen LogP contribution < -0.4 is 14.8 Å². The van der Waals surface area contributed by atoms with Crippen molar-refractivity contribution in [2.45, 2.75) is 45.1 Å². The van der Waals surface area contributed by atoms with E-state index in [1.54, 1.807) is 32.9 Å². The fourth-order valence-corrected chi connectivity index (χ4v) is 3.02. The van der Waals surface area contributed by atoms with Gasteiger partial charge >= 0.3 is 12.1 Å². The Hall–Kier alpha value is -3.68. The Balaban J connectivity index is 2.42. The maximum Gasteiger partial charge on any atom is 0.412 e. The molecule has 0 fully saturated rings. The van der Waals surface area contributed by atoms with Gasteiger partial charge in [-0.05, 0) is 44.0 Å². The highest BCUT2D eigenvalue weighted by Gasteiger charge is 2.45. The van der Waals surface area contributed by atoms with Gasteiger partial charge < -0.3 is 24.3 Å². The summed E-state index contributed by atoms with van der Waals surface area (Å²) in [5.41, 5.74) is -1.40. The molecule has 2 aromatic carbocycles. The van der Waals surface area contributed by atoms with Crippen LogP contribution in [-0.4, -0.2) is 43.6 Å². The minimum atomic E-state index is -1.97. The van der Waals surface area contributed by atoms with Crippen LogP contribution >= 0.6 is 0 Å². The largest absolute Gasteiger partial charge is 0.485 e. The minimum absolute atomic E-state index is 0.118. The summed E-state index contributed by atoms with van der Waals surface area (Å²) in [5.74, 6) is -0.433. The summed E-state index contributed by atoms with van der Waals surface area (Å²) in [7, 11) is 2.60. The van der Waals surface area contributed by atoms with Crippen molar-refractivity contribution in [3.63, 3.8) is 0 Å². The van der Waals surface area contributed by atoms with Crippen molar-refractivity contribution in [2.75, 3.05) is 14.2 Å². The van der Waals surface area contributed by atoms with E-state index in [9.17, 15) is 14.4 Å². The topological polar surface area (TPSA) is 113 Å². The number of isocyanates is 1. The number of nitrogens with one attached hydrogen (secondary N) is 1. The fraction of sp³-hybridized carbons (Fsp3) is 0.375. The lowest BCUT2D eigenvalue weighted by Crippen LogP contribution is -2.47. The molecule has 0 aliphatic heterocycles. The van der Waals surface area contributed by atoms with E-state index in [1.807, 2.05) is 30.3 Å². The van der Waals surface area contributed by atoms with E-state index in [0.717, 1.165) is 5.56 Å². The molecule has 33 heavy (non-hydrogen) atoms. The molecule has 9 heteroatoms. The number of esters is 1. The van der Waals surface area contributed by atoms with Crippen molar-refractivity contribution < 1.29 is 33.3 Å². The predicted octanol–water partition coefficient (Wildman–Crippen LogP) is 3.55. The van der Waals surface area contributed by atoms with Gasteiger partial charge in [0, 0.05) is 13.5 Å². The zero-order valence-corrected chi connectivity index (χ0v) is 19.3. The van der Waals surface area contributed by atoms with Gasteiger partial charge in [-0.3, -0.25) is 0 Å². The lowest BCUT2D eigenvalue weighted by Gasteiger charge is -2.33. The molecule has 0 aliphatic rings. The van der Waals surface area contributed by atoms with E-state index in [0.29, 0.717) is 11.3 Å². The number of aliphatic imine (C=N–C) groups is 1. The van der Waals surface area contributed by atoms with Crippen molar-refractivity contribution in [1.29, 1.82) is 0 Å². The van der Waals surface area contributed by atoms with Crippen molar-refractivity contribution in [1.82, 2.24) is 5.32 Å². The van der Waals surface area contributed by atoms with Crippen LogP contribution in [0.25, 0.3) is 0 Å². The third-order valence-corrected chi connectivity index (χ3v) is 4.30. The first-order valence-corrected chi connectivity index (χ1v) is 10.2. The molecule has 0 radical (unpaired) electrons. The summed E-state index contributed by atoms with van der Waals surface area (Å²) in [6.07, 6.45) is 0.529. The first-order chi connectivity index (χ1) is 15.6. The van der Waals surface area contributed by atoms with Gasteiger partial charge in [-0.2, -0.15) is 4.99 Å². The van der Waals surface area contributed by atoms with Crippen LogP contribution in [0.3, 0.4) is 0 Å². The molecule has 0 saturated heterocycles. The molecule has 176 valence electrons. The lowest BCUT2D eigenvalue weighted by molar-refractivity contribution is -0.186. The summed E-state index contributed by atoms with van der Waals surface area (Å²) in [5, 5.41) is 2.38. The first kappa shape index (κ1) is 25.6. The quantitative estimate of drug-likeness (QED) is 0.349. The Morgan fingerprint density at radius 2 is 1.73 bits per heavy atom. The van der Waals surface area contributed by atoms with Crippen LogP contribution in [0.5, 0.6) is 11.5 Å². The normalized spacial score (nSPS) is 12.6. The number of carbonyl (C=O) groups excluding carboxylic acids is 3. The minimum Gasteiger partial charge on any atom is -0.485 e. The molecule has 2 aromatic rings. The highest BCUT2D eigenvalue weighted by atomic mass is 16.6. The van der Waals surface area contributed by atoms with Crippen molar-refractivity contribution in [2.24, 2.45) is 4.99 Å². The number of carbonyl (C=O) groups is 2. The number of hydrogen-bond acceptors (Lipinski definition) is 8. The zero-order chi connectivity index (χ0) is 24.5. The van der Waals surface area contributed by atoms with Crippen molar-refractivity contribution in [3.8, 4) is 11.5 Å². The number of amides is 1. The van der Waals surface area contributed by atoms with Crippen LogP contribution in [0, 0.1) is 0 Å². The number of benzene rings is 2. The predicted molar refractivity (Wildman–Crippen MR) is 120 cm³/mol. The maximum absolute atomic E-state index is 12.6. The Morgan fingerprint density at radius 1 is 1.03 bits per heavy atom. The van der Waals surface area contributed by atoms with E-state index in [1.165, 1.54) is 26.3 Å². The second kappa shape index (κ2) is 11.3. The van der Waals surface area contributed by atoms with Gasteiger partial charge in [0.25, 0.3) is 5.72 Å². The molecule has 0 unspecified atom stereocenters.